The first-order valence-electron chi connectivity index (χ1n) is 7.96. The molecule has 1 aromatic rings. The number of ether oxygens (including phenoxy) is 2. The second-order valence-corrected chi connectivity index (χ2v) is 7.82. The van der Waals surface area contributed by atoms with E-state index in [1.54, 1.807) is 13.2 Å². The number of rotatable bonds is 4. The molecule has 1 aliphatic carbocycles. The summed E-state index contributed by atoms with van der Waals surface area (Å²) in [6.45, 7) is 9.74. The van der Waals surface area contributed by atoms with Crippen molar-refractivity contribution in [3.63, 3.8) is 0 Å². The molecule has 23 heavy (non-hydrogen) atoms. The van der Waals surface area contributed by atoms with Gasteiger partial charge in [0.2, 0.25) is 0 Å². The Kier molecular flexibility index (Phi) is 4.37. The van der Waals surface area contributed by atoms with E-state index in [0.29, 0.717) is 5.69 Å². The Morgan fingerprint density at radius 3 is 2.30 bits per heavy atom. The summed E-state index contributed by atoms with van der Waals surface area (Å²) >= 11 is 0. The van der Waals surface area contributed by atoms with Crippen LogP contribution in [0.4, 0.5) is 10.5 Å². The quantitative estimate of drug-likeness (QED) is 0.884. The number of anilines is 1. The van der Waals surface area contributed by atoms with Crippen molar-refractivity contribution in [2.75, 3.05) is 12.4 Å². The SMILES string of the molecule is COc1ccc(NC(=O)OC(C)(C)C)cc1C(C)(C)C1(N)CC1. The van der Waals surface area contributed by atoms with Crippen LogP contribution < -0.4 is 15.8 Å². The van der Waals surface area contributed by atoms with Gasteiger partial charge < -0.3 is 15.2 Å². The van der Waals surface area contributed by atoms with Gasteiger partial charge >= 0.3 is 6.09 Å². The molecule has 3 N–H and O–H groups in total. The van der Waals surface area contributed by atoms with E-state index in [1.807, 2.05) is 32.9 Å². The van der Waals surface area contributed by atoms with Crippen molar-refractivity contribution in [1.29, 1.82) is 0 Å². The van der Waals surface area contributed by atoms with Gasteiger partial charge in [0.1, 0.15) is 11.4 Å². The lowest BCUT2D eigenvalue weighted by Gasteiger charge is -2.34. The molecule has 1 saturated carbocycles. The van der Waals surface area contributed by atoms with E-state index in [4.69, 9.17) is 15.2 Å². The van der Waals surface area contributed by atoms with Crippen molar-refractivity contribution in [1.82, 2.24) is 0 Å². The number of hydrogen-bond donors (Lipinski definition) is 2. The Morgan fingerprint density at radius 2 is 1.83 bits per heavy atom. The second-order valence-electron chi connectivity index (χ2n) is 7.82. The highest BCUT2D eigenvalue weighted by Gasteiger charge is 2.52. The van der Waals surface area contributed by atoms with Crippen molar-refractivity contribution in [2.45, 2.75) is 64.0 Å². The summed E-state index contributed by atoms with van der Waals surface area (Å²) in [7, 11) is 1.64. The maximum Gasteiger partial charge on any atom is 0.412 e. The zero-order valence-electron chi connectivity index (χ0n) is 14.9. The lowest BCUT2D eigenvalue weighted by molar-refractivity contribution is 0.0636. The van der Waals surface area contributed by atoms with Crippen LogP contribution in [0.3, 0.4) is 0 Å². The molecule has 128 valence electrons. The van der Waals surface area contributed by atoms with Gasteiger partial charge in [0.15, 0.2) is 0 Å². The van der Waals surface area contributed by atoms with Gasteiger partial charge in [0.25, 0.3) is 0 Å². The number of carbonyl (C=O) groups excluding carboxylic acids is 1. The number of carbonyl (C=O) groups is 1. The Morgan fingerprint density at radius 1 is 1.22 bits per heavy atom. The molecule has 1 aliphatic rings. The maximum absolute atomic E-state index is 12.0. The molecule has 1 amide bonds. The lowest BCUT2D eigenvalue weighted by Crippen LogP contribution is -2.43. The fourth-order valence-corrected chi connectivity index (χ4v) is 2.72. The highest BCUT2D eigenvalue weighted by atomic mass is 16.6. The molecule has 0 heterocycles. The van der Waals surface area contributed by atoms with Crippen LogP contribution in [0, 0.1) is 0 Å². The minimum absolute atomic E-state index is 0.217. The van der Waals surface area contributed by atoms with Gasteiger partial charge in [0.05, 0.1) is 7.11 Å². The van der Waals surface area contributed by atoms with E-state index in [0.717, 1.165) is 24.2 Å². The van der Waals surface area contributed by atoms with Crippen LogP contribution in [0.15, 0.2) is 18.2 Å². The van der Waals surface area contributed by atoms with E-state index in [-0.39, 0.29) is 11.0 Å². The molecular weight excluding hydrogens is 292 g/mol. The summed E-state index contributed by atoms with van der Waals surface area (Å²) in [6.07, 6.45) is 1.51. The molecule has 2 rings (SSSR count). The highest BCUT2D eigenvalue weighted by molar-refractivity contribution is 5.85. The molecule has 5 nitrogen and oxygen atoms in total. The van der Waals surface area contributed by atoms with E-state index in [9.17, 15) is 4.79 Å². The van der Waals surface area contributed by atoms with Gasteiger partial charge in [-0.15, -0.1) is 0 Å². The molecule has 0 saturated heterocycles. The first-order valence-corrected chi connectivity index (χ1v) is 7.96. The van der Waals surface area contributed by atoms with Crippen molar-refractivity contribution < 1.29 is 14.3 Å². The fourth-order valence-electron chi connectivity index (χ4n) is 2.72. The number of nitrogens with one attached hydrogen (secondary N) is 1. The number of benzene rings is 1. The van der Waals surface area contributed by atoms with Crippen LogP contribution in [0.25, 0.3) is 0 Å². The monoisotopic (exact) mass is 320 g/mol. The van der Waals surface area contributed by atoms with Gasteiger partial charge in [0, 0.05) is 22.2 Å². The third-order valence-electron chi connectivity index (χ3n) is 4.55. The van der Waals surface area contributed by atoms with Gasteiger partial charge in [-0.05, 0) is 51.8 Å². The van der Waals surface area contributed by atoms with Gasteiger partial charge in [-0.1, -0.05) is 13.8 Å². The second kappa shape index (κ2) is 5.71. The van der Waals surface area contributed by atoms with Crippen LogP contribution in [0.5, 0.6) is 5.75 Å². The fraction of sp³-hybridized carbons (Fsp3) is 0.611. The van der Waals surface area contributed by atoms with Crippen molar-refractivity contribution >= 4 is 11.8 Å². The number of methoxy groups -OCH3 is 1. The minimum Gasteiger partial charge on any atom is -0.496 e. The summed E-state index contributed by atoms with van der Waals surface area (Å²) < 4.78 is 10.8. The molecule has 0 atom stereocenters. The predicted molar refractivity (Wildman–Crippen MR) is 92.0 cm³/mol. The molecule has 1 aromatic carbocycles. The molecule has 1 fully saturated rings. The van der Waals surface area contributed by atoms with Gasteiger partial charge in [-0.25, -0.2) is 4.79 Å². The zero-order valence-corrected chi connectivity index (χ0v) is 14.9. The topological polar surface area (TPSA) is 73.6 Å². The van der Waals surface area contributed by atoms with E-state index < -0.39 is 11.7 Å². The Hall–Kier alpha value is -1.75. The molecule has 0 bridgehead atoms. The zero-order chi connectivity index (χ0) is 17.5. The molecule has 0 unspecified atom stereocenters. The minimum atomic E-state index is -0.534. The normalized spacial score (nSPS) is 16.7. The lowest BCUT2D eigenvalue weighted by atomic mass is 9.75. The van der Waals surface area contributed by atoms with Crippen LogP contribution in [-0.2, 0) is 10.2 Å². The van der Waals surface area contributed by atoms with Crippen LogP contribution in [0.1, 0.15) is 53.0 Å². The van der Waals surface area contributed by atoms with Crippen molar-refractivity contribution in [2.24, 2.45) is 5.73 Å². The molecule has 0 aromatic heterocycles. The van der Waals surface area contributed by atoms with E-state index in [1.165, 1.54) is 0 Å². The van der Waals surface area contributed by atoms with E-state index in [2.05, 4.69) is 19.2 Å². The van der Waals surface area contributed by atoms with Crippen LogP contribution in [0.2, 0.25) is 0 Å². The Bertz CT molecular complexity index is 599. The predicted octanol–water partition coefficient (Wildman–Crippen LogP) is 3.81. The summed E-state index contributed by atoms with van der Waals surface area (Å²) in [5.41, 5.74) is 7.12. The molecule has 0 spiro atoms. The Balaban J connectivity index is 2.27. The third kappa shape index (κ3) is 3.78. The Labute approximate surface area is 138 Å². The smallest absolute Gasteiger partial charge is 0.412 e. The first-order chi connectivity index (χ1) is 10.5. The number of nitrogens with two attached hydrogens (primary N) is 1. The summed E-state index contributed by atoms with van der Waals surface area (Å²) in [5, 5.41) is 2.78. The summed E-state index contributed by atoms with van der Waals surface area (Å²) in [5.74, 6) is 0.779. The van der Waals surface area contributed by atoms with Crippen LogP contribution in [-0.4, -0.2) is 24.3 Å². The number of hydrogen-bond acceptors (Lipinski definition) is 4. The molecule has 0 aliphatic heterocycles. The highest BCUT2D eigenvalue weighted by Crippen LogP contribution is 2.51. The summed E-state index contributed by atoms with van der Waals surface area (Å²) in [4.78, 5) is 12.0. The van der Waals surface area contributed by atoms with Gasteiger partial charge in [-0.3, -0.25) is 5.32 Å². The summed E-state index contributed by atoms with van der Waals surface area (Å²) in [6, 6.07) is 5.59. The standard InChI is InChI=1S/C18H28N2O3/c1-16(2,3)23-15(21)20-12-7-8-14(22-6)13(11-12)17(4,5)18(19)9-10-18/h7-8,11H,9-10,19H2,1-6H3,(H,20,21). The maximum atomic E-state index is 12.0. The average molecular weight is 320 g/mol. The molecule has 5 heteroatoms. The van der Waals surface area contributed by atoms with Crippen molar-refractivity contribution in [3.05, 3.63) is 23.8 Å². The largest absolute Gasteiger partial charge is 0.496 e. The van der Waals surface area contributed by atoms with Gasteiger partial charge in [-0.2, -0.15) is 0 Å². The first kappa shape index (κ1) is 17.6. The van der Waals surface area contributed by atoms with E-state index >= 15 is 0 Å². The third-order valence-corrected chi connectivity index (χ3v) is 4.55. The molecule has 0 radical (unpaired) electrons. The average Bonchev–Trinajstić information content (AvgIpc) is 3.16. The van der Waals surface area contributed by atoms with Crippen molar-refractivity contribution in [3.8, 4) is 5.75 Å². The van der Waals surface area contributed by atoms with Crippen LogP contribution >= 0.6 is 0 Å². The molecular formula is C18H28N2O3. The number of amides is 1.